The molecule has 0 fully saturated rings. The van der Waals surface area contributed by atoms with Crippen molar-refractivity contribution >= 4 is 17.0 Å². The van der Waals surface area contributed by atoms with Gasteiger partial charge in [-0.2, -0.15) is 10.1 Å². The number of pyridine rings is 1. The number of anilines is 1. The molecular formula is C11H10N6. The minimum atomic E-state index is 0.228. The summed E-state index contributed by atoms with van der Waals surface area (Å²) in [5.74, 6) is 0.228. The molecule has 3 heterocycles. The second-order valence-corrected chi connectivity index (χ2v) is 3.75. The summed E-state index contributed by atoms with van der Waals surface area (Å²) in [6.07, 6.45) is 3.44. The van der Waals surface area contributed by atoms with Crippen molar-refractivity contribution in [3.8, 4) is 11.3 Å². The molecule has 0 atom stereocenters. The number of aromatic amines is 1. The minimum Gasteiger partial charge on any atom is -0.368 e. The van der Waals surface area contributed by atoms with Crippen LogP contribution >= 0.6 is 0 Å². The first kappa shape index (κ1) is 9.71. The molecule has 0 aliphatic rings. The van der Waals surface area contributed by atoms with Crippen molar-refractivity contribution in [2.24, 2.45) is 0 Å². The van der Waals surface area contributed by atoms with Gasteiger partial charge in [-0.25, -0.2) is 4.98 Å². The third kappa shape index (κ3) is 1.59. The summed E-state index contributed by atoms with van der Waals surface area (Å²) in [5.41, 5.74) is 8.97. The van der Waals surface area contributed by atoms with E-state index in [9.17, 15) is 0 Å². The molecule has 84 valence electrons. The van der Waals surface area contributed by atoms with Crippen molar-refractivity contribution in [2.75, 3.05) is 5.73 Å². The quantitative estimate of drug-likeness (QED) is 0.652. The molecule has 0 bridgehead atoms. The fraction of sp³-hybridized carbons (Fsp3) is 0.0909. The largest absolute Gasteiger partial charge is 0.368 e. The fourth-order valence-electron chi connectivity index (χ4n) is 1.77. The van der Waals surface area contributed by atoms with Crippen LogP contribution in [0, 0.1) is 6.92 Å². The SMILES string of the molecule is Cc1cc(-c2nc(N)nc3[nH]ncc23)ccn1. The Morgan fingerprint density at radius 2 is 2.18 bits per heavy atom. The van der Waals surface area contributed by atoms with Crippen LogP contribution in [-0.2, 0) is 0 Å². The van der Waals surface area contributed by atoms with Gasteiger partial charge in [0, 0.05) is 17.5 Å². The molecule has 0 spiro atoms. The van der Waals surface area contributed by atoms with E-state index in [2.05, 4.69) is 25.1 Å². The van der Waals surface area contributed by atoms with Gasteiger partial charge >= 0.3 is 0 Å². The summed E-state index contributed by atoms with van der Waals surface area (Å²) < 4.78 is 0. The molecule has 0 aromatic carbocycles. The lowest BCUT2D eigenvalue weighted by molar-refractivity contribution is 1.09. The third-order valence-corrected chi connectivity index (χ3v) is 2.50. The lowest BCUT2D eigenvalue weighted by Crippen LogP contribution is -1.97. The van der Waals surface area contributed by atoms with E-state index in [0.29, 0.717) is 5.65 Å². The Hall–Kier alpha value is -2.50. The number of aromatic nitrogens is 5. The maximum absolute atomic E-state index is 5.67. The number of nitrogens with two attached hydrogens (primary N) is 1. The second kappa shape index (κ2) is 3.51. The number of nitrogens with one attached hydrogen (secondary N) is 1. The van der Waals surface area contributed by atoms with Crippen molar-refractivity contribution in [3.05, 3.63) is 30.2 Å². The molecule has 6 nitrogen and oxygen atoms in total. The number of nitrogens with zero attached hydrogens (tertiary/aromatic N) is 4. The van der Waals surface area contributed by atoms with Gasteiger partial charge in [-0.05, 0) is 19.1 Å². The van der Waals surface area contributed by atoms with Crippen molar-refractivity contribution in [2.45, 2.75) is 6.92 Å². The number of hydrogen-bond donors (Lipinski definition) is 2. The fourth-order valence-corrected chi connectivity index (χ4v) is 1.77. The van der Waals surface area contributed by atoms with Crippen LogP contribution in [0.4, 0.5) is 5.95 Å². The Kier molecular flexibility index (Phi) is 2.01. The summed E-state index contributed by atoms with van der Waals surface area (Å²) in [7, 11) is 0. The van der Waals surface area contributed by atoms with Gasteiger partial charge in [0.05, 0.1) is 17.3 Å². The molecule has 0 saturated carbocycles. The van der Waals surface area contributed by atoms with E-state index < -0.39 is 0 Å². The van der Waals surface area contributed by atoms with Gasteiger partial charge < -0.3 is 5.73 Å². The van der Waals surface area contributed by atoms with E-state index in [0.717, 1.165) is 22.3 Å². The molecule has 0 aliphatic carbocycles. The molecule has 6 heteroatoms. The minimum absolute atomic E-state index is 0.228. The monoisotopic (exact) mass is 226 g/mol. The highest BCUT2D eigenvalue weighted by atomic mass is 15.2. The summed E-state index contributed by atoms with van der Waals surface area (Å²) in [4.78, 5) is 12.5. The van der Waals surface area contributed by atoms with Crippen LogP contribution in [0.15, 0.2) is 24.5 Å². The second-order valence-electron chi connectivity index (χ2n) is 3.75. The molecule has 3 rings (SSSR count). The highest BCUT2D eigenvalue weighted by molar-refractivity contribution is 5.90. The smallest absolute Gasteiger partial charge is 0.222 e. The first-order chi connectivity index (χ1) is 8.24. The molecule has 3 aromatic heterocycles. The van der Waals surface area contributed by atoms with Gasteiger partial charge in [-0.15, -0.1) is 0 Å². The van der Waals surface area contributed by atoms with Crippen LogP contribution in [0.3, 0.4) is 0 Å². The number of nitrogen functional groups attached to an aromatic ring is 1. The van der Waals surface area contributed by atoms with Gasteiger partial charge in [0.15, 0.2) is 5.65 Å². The summed E-state index contributed by atoms with van der Waals surface area (Å²) in [6, 6.07) is 3.84. The first-order valence-electron chi connectivity index (χ1n) is 5.13. The van der Waals surface area contributed by atoms with Gasteiger partial charge in [0.1, 0.15) is 0 Å². The van der Waals surface area contributed by atoms with Gasteiger partial charge in [0.25, 0.3) is 0 Å². The topological polar surface area (TPSA) is 93.4 Å². The van der Waals surface area contributed by atoms with Crippen molar-refractivity contribution < 1.29 is 0 Å². The van der Waals surface area contributed by atoms with E-state index in [1.54, 1.807) is 12.4 Å². The van der Waals surface area contributed by atoms with E-state index in [1.165, 1.54) is 0 Å². The van der Waals surface area contributed by atoms with Crippen LogP contribution in [0.2, 0.25) is 0 Å². The maximum Gasteiger partial charge on any atom is 0.222 e. The van der Waals surface area contributed by atoms with Gasteiger partial charge in [-0.1, -0.05) is 0 Å². The van der Waals surface area contributed by atoms with Crippen LogP contribution in [-0.4, -0.2) is 25.1 Å². The number of H-pyrrole nitrogens is 1. The zero-order valence-corrected chi connectivity index (χ0v) is 9.18. The van der Waals surface area contributed by atoms with Gasteiger partial charge in [0.2, 0.25) is 5.95 Å². The molecule has 0 saturated heterocycles. The van der Waals surface area contributed by atoms with Crippen LogP contribution < -0.4 is 5.73 Å². The van der Waals surface area contributed by atoms with Crippen molar-refractivity contribution in [1.82, 2.24) is 25.1 Å². The maximum atomic E-state index is 5.67. The molecule has 0 radical (unpaired) electrons. The Balaban J connectivity index is 2.32. The number of rotatable bonds is 1. The first-order valence-corrected chi connectivity index (χ1v) is 5.13. The number of aryl methyl sites for hydroxylation is 1. The predicted octanol–water partition coefficient (Wildman–Crippen LogP) is 1.31. The Morgan fingerprint density at radius 1 is 1.29 bits per heavy atom. The predicted molar refractivity (Wildman–Crippen MR) is 64.1 cm³/mol. The number of fused-ring (bicyclic) bond motifs is 1. The Bertz CT molecular complexity index is 687. The van der Waals surface area contributed by atoms with E-state index in [-0.39, 0.29) is 5.95 Å². The molecule has 3 aromatic rings. The van der Waals surface area contributed by atoms with Crippen molar-refractivity contribution in [1.29, 1.82) is 0 Å². The van der Waals surface area contributed by atoms with Crippen LogP contribution in [0.5, 0.6) is 0 Å². The summed E-state index contributed by atoms with van der Waals surface area (Å²) in [6.45, 7) is 1.93. The lowest BCUT2D eigenvalue weighted by atomic mass is 10.1. The van der Waals surface area contributed by atoms with E-state index >= 15 is 0 Å². The average molecular weight is 226 g/mol. The molecule has 0 amide bonds. The molecule has 17 heavy (non-hydrogen) atoms. The van der Waals surface area contributed by atoms with Crippen molar-refractivity contribution in [3.63, 3.8) is 0 Å². The van der Waals surface area contributed by atoms with E-state index in [1.807, 2.05) is 19.1 Å². The third-order valence-electron chi connectivity index (χ3n) is 2.50. The lowest BCUT2D eigenvalue weighted by Gasteiger charge is -2.03. The standard InChI is InChI=1S/C11H10N6/c1-6-4-7(2-3-13-6)9-8-5-14-17-10(8)16-11(12)15-9/h2-5H,1H3,(H3,12,14,15,16,17). The number of hydrogen-bond acceptors (Lipinski definition) is 5. The average Bonchev–Trinajstić information content (AvgIpc) is 2.75. The van der Waals surface area contributed by atoms with E-state index in [4.69, 9.17) is 5.73 Å². The molecular weight excluding hydrogens is 216 g/mol. The summed E-state index contributed by atoms with van der Waals surface area (Å²) >= 11 is 0. The van der Waals surface area contributed by atoms with Crippen LogP contribution in [0.1, 0.15) is 5.69 Å². The zero-order chi connectivity index (χ0) is 11.8. The summed E-state index contributed by atoms with van der Waals surface area (Å²) in [5, 5.41) is 7.59. The molecule has 3 N–H and O–H groups in total. The van der Waals surface area contributed by atoms with Crippen LogP contribution in [0.25, 0.3) is 22.3 Å². The highest BCUT2D eigenvalue weighted by Crippen LogP contribution is 2.25. The normalized spacial score (nSPS) is 10.9. The zero-order valence-electron chi connectivity index (χ0n) is 9.18. The Labute approximate surface area is 96.9 Å². The highest BCUT2D eigenvalue weighted by Gasteiger charge is 2.10. The molecule has 0 unspecified atom stereocenters. The Morgan fingerprint density at radius 3 is 3.00 bits per heavy atom. The molecule has 0 aliphatic heterocycles. The van der Waals surface area contributed by atoms with Gasteiger partial charge in [-0.3, -0.25) is 10.1 Å².